The van der Waals surface area contributed by atoms with Crippen molar-refractivity contribution in [1.29, 1.82) is 0 Å². The van der Waals surface area contributed by atoms with E-state index in [-0.39, 0.29) is 6.10 Å². The fourth-order valence-corrected chi connectivity index (χ4v) is 2.08. The van der Waals surface area contributed by atoms with Crippen LogP contribution in [0.4, 0.5) is 0 Å². The Kier molecular flexibility index (Phi) is 4.74. The Labute approximate surface area is 81.9 Å². The highest BCUT2D eigenvalue weighted by Crippen LogP contribution is 2.16. The third-order valence-corrected chi connectivity index (χ3v) is 3.01. The van der Waals surface area contributed by atoms with Gasteiger partial charge in [-0.05, 0) is 59.0 Å². The Balaban J connectivity index is 1.99. The maximum Gasteiger partial charge on any atom is 0.0512 e. The molecule has 1 N–H and O–H groups in total. The molecule has 78 valence electrons. The van der Waals surface area contributed by atoms with Crippen LogP contribution in [0.25, 0.3) is 0 Å². The minimum absolute atomic E-state index is 0.115. The summed E-state index contributed by atoms with van der Waals surface area (Å²) in [5.41, 5.74) is 0. The van der Waals surface area contributed by atoms with Gasteiger partial charge in [-0.1, -0.05) is 0 Å². The topological polar surface area (TPSA) is 23.5 Å². The van der Waals surface area contributed by atoms with Crippen LogP contribution in [0.2, 0.25) is 0 Å². The van der Waals surface area contributed by atoms with E-state index in [0.717, 1.165) is 12.5 Å². The second-order valence-corrected chi connectivity index (χ2v) is 4.37. The Morgan fingerprint density at radius 1 is 1.46 bits per heavy atom. The lowest BCUT2D eigenvalue weighted by molar-refractivity contribution is 0.176. The summed E-state index contributed by atoms with van der Waals surface area (Å²) in [7, 11) is 0. The number of hydrogen-bond donors (Lipinski definition) is 1. The zero-order chi connectivity index (χ0) is 9.68. The quantitative estimate of drug-likeness (QED) is 0.662. The lowest BCUT2D eigenvalue weighted by Crippen LogP contribution is -2.27. The van der Waals surface area contributed by atoms with Crippen LogP contribution in [-0.2, 0) is 0 Å². The molecular formula is C11H23NO. The zero-order valence-corrected chi connectivity index (χ0v) is 9.00. The number of likely N-dealkylation sites (tertiary alicyclic amines) is 1. The largest absolute Gasteiger partial charge is 0.393 e. The van der Waals surface area contributed by atoms with Crippen molar-refractivity contribution in [2.75, 3.05) is 13.1 Å². The van der Waals surface area contributed by atoms with E-state index in [0.29, 0.717) is 0 Å². The van der Waals surface area contributed by atoms with Crippen molar-refractivity contribution in [3.8, 4) is 0 Å². The van der Waals surface area contributed by atoms with Crippen molar-refractivity contribution in [2.45, 2.75) is 58.1 Å². The first-order chi connectivity index (χ1) is 6.20. The van der Waals surface area contributed by atoms with Gasteiger partial charge in [0.15, 0.2) is 0 Å². The molecule has 1 fully saturated rings. The summed E-state index contributed by atoms with van der Waals surface area (Å²) in [6, 6.07) is 0.798. The summed E-state index contributed by atoms with van der Waals surface area (Å²) < 4.78 is 0. The van der Waals surface area contributed by atoms with E-state index in [9.17, 15) is 0 Å². The van der Waals surface area contributed by atoms with Crippen LogP contribution >= 0.6 is 0 Å². The van der Waals surface area contributed by atoms with Gasteiger partial charge in [-0.15, -0.1) is 0 Å². The van der Waals surface area contributed by atoms with Crippen LogP contribution in [0.3, 0.4) is 0 Å². The summed E-state index contributed by atoms with van der Waals surface area (Å²) in [5.74, 6) is 0. The Hall–Kier alpha value is -0.0800. The molecule has 1 saturated heterocycles. The molecule has 1 heterocycles. The molecule has 1 rings (SSSR count). The molecule has 0 aliphatic carbocycles. The fraction of sp³-hybridized carbons (Fsp3) is 1.00. The van der Waals surface area contributed by atoms with Crippen LogP contribution < -0.4 is 0 Å². The predicted octanol–water partition coefficient (Wildman–Crippen LogP) is 2.02. The molecule has 0 radical (unpaired) electrons. The van der Waals surface area contributed by atoms with Crippen LogP contribution in [-0.4, -0.2) is 35.2 Å². The normalized spacial score (nSPS) is 26.5. The van der Waals surface area contributed by atoms with Crippen LogP contribution in [0, 0.1) is 0 Å². The van der Waals surface area contributed by atoms with Crippen molar-refractivity contribution in [1.82, 2.24) is 4.90 Å². The van der Waals surface area contributed by atoms with E-state index < -0.39 is 0 Å². The molecule has 0 aromatic heterocycles. The minimum atomic E-state index is -0.115. The van der Waals surface area contributed by atoms with E-state index in [1.807, 2.05) is 6.92 Å². The van der Waals surface area contributed by atoms with E-state index in [1.165, 1.54) is 38.8 Å². The van der Waals surface area contributed by atoms with Gasteiger partial charge in [0.05, 0.1) is 6.10 Å². The van der Waals surface area contributed by atoms with Gasteiger partial charge in [0.1, 0.15) is 0 Å². The molecule has 0 saturated carbocycles. The summed E-state index contributed by atoms with van der Waals surface area (Å²) in [6.45, 7) is 6.71. The molecule has 2 heteroatoms. The maximum absolute atomic E-state index is 9.08. The average molecular weight is 185 g/mol. The fourth-order valence-electron chi connectivity index (χ4n) is 2.08. The second-order valence-electron chi connectivity index (χ2n) is 4.37. The molecule has 1 aliphatic heterocycles. The van der Waals surface area contributed by atoms with Gasteiger partial charge in [0.25, 0.3) is 0 Å². The Morgan fingerprint density at radius 2 is 2.23 bits per heavy atom. The molecule has 0 aromatic rings. The van der Waals surface area contributed by atoms with Gasteiger partial charge < -0.3 is 10.0 Å². The molecule has 2 atom stereocenters. The number of aliphatic hydroxyl groups excluding tert-OH is 1. The first-order valence-corrected chi connectivity index (χ1v) is 5.62. The third-order valence-electron chi connectivity index (χ3n) is 3.01. The summed E-state index contributed by atoms with van der Waals surface area (Å²) >= 11 is 0. The number of aliphatic hydroxyl groups is 1. The van der Waals surface area contributed by atoms with Crippen LogP contribution in [0.15, 0.2) is 0 Å². The first kappa shape index (κ1) is 11.0. The Bertz CT molecular complexity index is 136. The van der Waals surface area contributed by atoms with Crippen molar-refractivity contribution >= 4 is 0 Å². The smallest absolute Gasteiger partial charge is 0.0512 e. The standard InChI is InChI=1S/C11H23NO/c1-10-6-5-9-12(10)8-4-3-7-11(2)13/h10-11,13H,3-9H2,1-2H3. The summed E-state index contributed by atoms with van der Waals surface area (Å²) in [5, 5.41) is 9.08. The summed E-state index contributed by atoms with van der Waals surface area (Å²) in [6.07, 6.45) is 6.00. The van der Waals surface area contributed by atoms with E-state index in [2.05, 4.69) is 11.8 Å². The lowest BCUT2D eigenvalue weighted by Gasteiger charge is -2.20. The highest BCUT2D eigenvalue weighted by Gasteiger charge is 2.18. The third kappa shape index (κ3) is 4.10. The van der Waals surface area contributed by atoms with Crippen molar-refractivity contribution in [2.24, 2.45) is 0 Å². The van der Waals surface area contributed by atoms with E-state index >= 15 is 0 Å². The zero-order valence-electron chi connectivity index (χ0n) is 9.00. The van der Waals surface area contributed by atoms with Gasteiger partial charge >= 0.3 is 0 Å². The highest BCUT2D eigenvalue weighted by molar-refractivity contribution is 4.74. The second kappa shape index (κ2) is 5.61. The van der Waals surface area contributed by atoms with Gasteiger partial charge in [0, 0.05) is 6.04 Å². The van der Waals surface area contributed by atoms with E-state index in [1.54, 1.807) is 0 Å². The summed E-state index contributed by atoms with van der Waals surface area (Å²) in [4.78, 5) is 2.57. The van der Waals surface area contributed by atoms with Gasteiger partial charge in [0.2, 0.25) is 0 Å². The van der Waals surface area contributed by atoms with Gasteiger partial charge in [-0.3, -0.25) is 0 Å². The number of rotatable bonds is 5. The number of unbranched alkanes of at least 4 members (excludes halogenated alkanes) is 1. The lowest BCUT2D eigenvalue weighted by atomic mass is 10.1. The molecule has 0 aromatic carbocycles. The minimum Gasteiger partial charge on any atom is -0.393 e. The molecular weight excluding hydrogens is 162 g/mol. The van der Waals surface area contributed by atoms with Gasteiger partial charge in [-0.2, -0.15) is 0 Å². The molecule has 0 bridgehead atoms. The SMILES string of the molecule is CC(O)CCCCN1CCCC1C. The predicted molar refractivity (Wildman–Crippen MR) is 55.8 cm³/mol. The molecule has 2 unspecified atom stereocenters. The van der Waals surface area contributed by atoms with Crippen LogP contribution in [0.5, 0.6) is 0 Å². The highest BCUT2D eigenvalue weighted by atomic mass is 16.3. The maximum atomic E-state index is 9.08. The van der Waals surface area contributed by atoms with Crippen molar-refractivity contribution < 1.29 is 5.11 Å². The van der Waals surface area contributed by atoms with Gasteiger partial charge in [-0.25, -0.2) is 0 Å². The molecule has 0 amide bonds. The molecule has 0 spiro atoms. The molecule has 1 aliphatic rings. The molecule has 13 heavy (non-hydrogen) atoms. The first-order valence-electron chi connectivity index (χ1n) is 5.62. The number of nitrogens with zero attached hydrogens (tertiary/aromatic N) is 1. The van der Waals surface area contributed by atoms with Crippen molar-refractivity contribution in [3.05, 3.63) is 0 Å². The monoisotopic (exact) mass is 185 g/mol. The van der Waals surface area contributed by atoms with Crippen molar-refractivity contribution in [3.63, 3.8) is 0 Å². The number of hydrogen-bond acceptors (Lipinski definition) is 2. The van der Waals surface area contributed by atoms with E-state index in [4.69, 9.17) is 5.11 Å². The Morgan fingerprint density at radius 3 is 2.77 bits per heavy atom. The van der Waals surface area contributed by atoms with Crippen LogP contribution in [0.1, 0.15) is 46.0 Å². The average Bonchev–Trinajstić information content (AvgIpc) is 2.45. The molecule has 2 nitrogen and oxygen atoms in total.